The Bertz CT molecular complexity index is 233. The molecule has 0 bridgehead atoms. The van der Waals surface area contributed by atoms with Crippen molar-refractivity contribution in [3.05, 3.63) is 0 Å². The second-order valence-corrected chi connectivity index (χ2v) is 3.45. The predicted molar refractivity (Wildman–Crippen MR) is 47.6 cm³/mol. The van der Waals surface area contributed by atoms with Crippen molar-refractivity contribution >= 4 is 5.91 Å². The highest BCUT2D eigenvalue weighted by molar-refractivity contribution is 5.73. The third-order valence-electron chi connectivity index (χ3n) is 2.24. The summed E-state index contributed by atoms with van der Waals surface area (Å²) in [5.74, 6) is -0.445. The minimum Gasteiger partial charge on any atom is -0.394 e. The van der Waals surface area contributed by atoms with Crippen LogP contribution in [0.25, 0.3) is 0 Å². The smallest absolute Gasteiger partial charge is 0.218 e. The van der Waals surface area contributed by atoms with E-state index in [0.29, 0.717) is 0 Å². The van der Waals surface area contributed by atoms with Crippen LogP contribution in [-0.4, -0.2) is 63.6 Å². The molecular weight excluding hydrogens is 206 g/mol. The van der Waals surface area contributed by atoms with E-state index in [-0.39, 0.29) is 0 Å². The minimum absolute atomic E-state index is 0.445. The Morgan fingerprint density at radius 3 is 2.33 bits per heavy atom. The van der Waals surface area contributed by atoms with Crippen LogP contribution < -0.4 is 5.32 Å². The van der Waals surface area contributed by atoms with Crippen LogP contribution >= 0.6 is 0 Å². The van der Waals surface area contributed by atoms with Gasteiger partial charge in [-0.15, -0.1) is 0 Å². The number of ether oxygens (including phenoxy) is 1. The summed E-state index contributed by atoms with van der Waals surface area (Å²) in [6.07, 6.45) is -6.42. The number of carbonyl (C=O) groups is 1. The normalized spacial score (nSPS) is 41.3. The molecule has 88 valence electrons. The average molecular weight is 221 g/mol. The van der Waals surface area contributed by atoms with E-state index in [9.17, 15) is 20.1 Å². The van der Waals surface area contributed by atoms with Crippen molar-refractivity contribution in [1.29, 1.82) is 0 Å². The van der Waals surface area contributed by atoms with Gasteiger partial charge in [-0.3, -0.25) is 4.79 Å². The lowest BCUT2D eigenvalue weighted by molar-refractivity contribution is -0.235. The number of aliphatic hydroxyl groups excluding tert-OH is 4. The van der Waals surface area contributed by atoms with Gasteiger partial charge in [0.1, 0.15) is 24.4 Å². The van der Waals surface area contributed by atoms with Crippen molar-refractivity contribution in [3.8, 4) is 0 Å². The van der Waals surface area contributed by atoms with E-state index in [0.717, 1.165) is 0 Å². The van der Waals surface area contributed by atoms with Gasteiger partial charge in [-0.25, -0.2) is 0 Å². The number of rotatable bonds is 2. The van der Waals surface area contributed by atoms with Gasteiger partial charge in [-0.05, 0) is 0 Å². The van der Waals surface area contributed by atoms with Crippen molar-refractivity contribution in [2.75, 3.05) is 6.61 Å². The van der Waals surface area contributed by atoms with E-state index in [4.69, 9.17) is 9.84 Å². The van der Waals surface area contributed by atoms with E-state index in [1.807, 2.05) is 0 Å². The first kappa shape index (κ1) is 12.3. The quantitative estimate of drug-likeness (QED) is 0.337. The van der Waals surface area contributed by atoms with E-state index < -0.39 is 43.2 Å². The molecule has 0 unspecified atom stereocenters. The van der Waals surface area contributed by atoms with Gasteiger partial charge in [0.15, 0.2) is 6.23 Å². The molecular formula is C8H15NO6. The Kier molecular flexibility index (Phi) is 4.00. The molecule has 15 heavy (non-hydrogen) atoms. The molecule has 5 N–H and O–H groups in total. The summed E-state index contributed by atoms with van der Waals surface area (Å²) in [4.78, 5) is 10.7. The molecule has 1 saturated heterocycles. The zero-order valence-electron chi connectivity index (χ0n) is 8.20. The molecule has 0 aliphatic carbocycles. The van der Waals surface area contributed by atoms with Gasteiger partial charge >= 0.3 is 0 Å². The van der Waals surface area contributed by atoms with Crippen molar-refractivity contribution in [2.24, 2.45) is 0 Å². The molecule has 1 rings (SSSR count). The van der Waals surface area contributed by atoms with Crippen LogP contribution in [0, 0.1) is 0 Å². The fraction of sp³-hybridized carbons (Fsp3) is 0.875. The first-order chi connectivity index (χ1) is 6.97. The average Bonchev–Trinajstić information content (AvgIpc) is 2.18. The van der Waals surface area contributed by atoms with E-state index in [1.54, 1.807) is 0 Å². The van der Waals surface area contributed by atoms with E-state index >= 15 is 0 Å². The number of nitrogens with one attached hydrogen (secondary N) is 1. The summed E-state index contributed by atoms with van der Waals surface area (Å²) in [5, 5.41) is 39.3. The second kappa shape index (κ2) is 4.86. The van der Waals surface area contributed by atoms with E-state index in [2.05, 4.69) is 5.32 Å². The van der Waals surface area contributed by atoms with Crippen molar-refractivity contribution in [2.45, 2.75) is 37.6 Å². The fourth-order valence-electron chi connectivity index (χ4n) is 1.42. The largest absolute Gasteiger partial charge is 0.394 e. The summed E-state index contributed by atoms with van der Waals surface area (Å²) in [6.45, 7) is 0.711. The van der Waals surface area contributed by atoms with Gasteiger partial charge in [0, 0.05) is 6.92 Å². The molecule has 0 aromatic heterocycles. The molecule has 1 fully saturated rings. The Balaban J connectivity index is 2.69. The molecule has 0 radical (unpaired) electrons. The molecule has 7 heteroatoms. The highest BCUT2D eigenvalue weighted by Gasteiger charge is 2.43. The summed E-state index contributed by atoms with van der Waals surface area (Å²) in [5.41, 5.74) is 0. The maximum Gasteiger partial charge on any atom is 0.218 e. The number of hydrogen-bond donors (Lipinski definition) is 5. The molecule has 0 aromatic rings. The topological polar surface area (TPSA) is 119 Å². The summed E-state index contributed by atoms with van der Waals surface area (Å²) in [6, 6.07) is 0. The van der Waals surface area contributed by atoms with Crippen LogP contribution in [0.15, 0.2) is 0 Å². The Morgan fingerprint density at radius 1 is 1.27 bits per heavy atom. The fourth-order valence-corrected chi connectivity index (χ4v) is 1.42. The molecule has 0 aromatic carbocycles. The van der Waals surface area contributed by atoms with E-state index in [1.165, 1.54) is 6.92 Å². The first-order valence-electron chi connectivity index (χ1n) is 4.55. The van der Waals surface area contributed by atoms with Crippen LogP contribution in [0.3, 0.4) is 0 Å². The van der Waals surface area contributed by atoms with Crippen LogP contribution in [0.1, 0.15) is 6.92 Å². The molecule has 5 atom stereocenters. The summed E-state index contributed by atoms with van der Waals surface area (Å²) < 4.78 is 5.00. The van der Waals surface area contributed by atoms with Crippen molar-refractivity contribution < 1.29 is 30.0 Å². The van der Waals surface area contributed by atoms with Gasteiger partial charge in [0.2, 0.25) is 5.91 Å². The molecule has 1 heterocycles. The van der Waals surface area contributed by atoms with Crippen LogP contribution in [-0.2, 0) is 9.53 Å². The van der Waals surface area contributed by atoms with Gasteiger partial charge in [0.05, 0.1) is 6.61 Å². The van der Waals surface area contributed by atoms with Crippen molar-refractivity contribution in [1.82, 2.24) is 5.32 Å². The van der Waals surface area contributed by atoms with Gasteiger partial charge in [-0.2, -0.15) is 0 Å². The highest BCUT2D eigenvalue weighted by Crippen LogP contribution is 2.19. The lowest BCUT2D eigenvalue weighted by Gasteiger charge is -2.39. The Morgan fingerprint density at radius 2 is 1.87 bits per heavy atom. The Labute approximate surface area is 86.3 Å². The van der Waals surface area contributed by atoms with Gasteiger partial charge < -0.3 is 30.5 Å². The number of carbonyl (C=O) groups excluding carboxylic acids is 1. The first-order valence-corrected chi connectivity index (χ1v) is 4.55. The number of amides is 1. The summed E-state index contributed by atoms with van der Waals surface area (Å²) >= 11 is 0. The van der Waals surface area contributed by atoms with Crippen LogP contribution in [0.5, 0.6) is 0 Å². The monoisotopic (exact) mass is 221 g/mol. The third kappa shape index (κ3) is 2.64. The second-order valence-electron chi connectivity index (χ2n) is 3.45. The van der Waals surface area contributed by atoms with Crippen LogP contribution in [0.4, 0.5) is 0 Å². The molecule has 0 spiro atoms. The summed E-state index contributed by atoms with van der Waals surface area (Å²) in [7, 11) is 0. The number of hydrogen-bond acceptors (Lipinski definition) is 6. The lowest BCUT2D eigenvalue weighted by Crippen LogP contribution is -2.63. The molecule has 1 aliphatic rings. The minimum atomic E-state index is -1.47. The van der Waals surface area contributed by atoms with Gasteiger partial charge in [0.25, 0.3) is 0 Å². The maximum atomic E-state index is 10.7. The number of aliphatic hydroxyl groups is 4. The molecule has 1 amide bonds. The Hall–Kier alpha value is -0.730. The standard InChI is InChI=1S/C8H15NO6/c1-3(11)9-8-7(14)6(13)5(12)4(2-10)15-8/h4-8,10,12-14H,2H2,1H3,(H,9,11)/t4-,5+,6+,7-,8-/m1/s1. The highest BCUT2D eigenvalue weighted by atomic mass is 16.6. The zero-order chi connectivity index (χ0) is 11.6. The SMILES string of the molecule is CC(=O)N[C@@H]1O[C@H](CO)[C@H](O)[C@H](O)[C@H]1O. The molecule has 0 saturated carbocycles. The molecule has 7 nitrogen and oxygen atoms in total. The maximum absolute atomic E-state index is 10.7. The van der Waals surface area contributed by atoms with Crippen molar-refractivity contribution in [3.63, 3.8) is 0 Å². The molecule has 1 aliphatic heterocycles. The predicted octanol–water partition coefficient (Wildman–Crippen LogP) is -3.08. The van der Waals surface area contributed by atoms with Gasteiger partial charge in [-0.1, -0.05) is 0 Å². The zero-order valence-corrected chi connectivity index (χ0v) is 8.20. The lowest BCUT2D eigenvalue weighted by atomic mass is 9.98. The van der Waals surface area contributed by atoms with Crippen LogP contribution in [0.2, 0.25) is 0 Å². The third-order valence-corrected chi connectivity index (χ3v) is 2.24.